The molecule has 21 heavy (non-hydrogen) atoms. The Kier molecular flexibility index (Phi) is 3.53. The predicted molar refractivity (Wildman–Crippen MR) is 85.1 cm³/mol. The predicted octanol–water partition coefficient (Wildman–Crippen LogP) is 3.27. The lowest BCUT2D eigenvalue weighted by molar-refractivity contribution is 0.0878. The van der Waals surface area contributed by atoms with Crippen LogP contribution >= 0.6 is 0 Å². The van der Waals surface area contributed by atoms with E-state index in [0.717, 1.165) is 23.7 Å². The fourth-order valence-corrected chi connectivity index (χ4v) is 3.11. The third kappa shape index (κ3) is 2.84. The fourth-order valence-electron chi connectivity index (χ4n) is 3.11. The van der Waals surface area contributed by atoms with Gasteiger partial charge in [-0.15, -0.1) is 0 Å². The molecule has 1 aromatic carbocycles. The zero-order valence-corrected chi connectivity index (χ0v) is 12.4. The molecule has 1 saturated carbocycles. The van der Waals surface area contributed by atoms with Crippen molar-refractivity contribution in [1.29, 1.82) is 0 Å². The fraction of sp³-hybridized carbons (Fsp3) is 0.412. The lowest BCUT2D eigenvalue weighted by atomic mass is 9.83. The molecule has 1 aromatic heterocycles. The lowest BCUT2D eigenvalue weighted by Crippen LogP contribution is -2.47. The summed E-state index contributed by atoms with van der Waals surface area (Å²) in [7, 11) is 0. The number of rotatable bonds is 2. The Bertz CT molecular complexity index is 675. The Balaban J connectivity index is 1.87. The Morgan fingerprint density at radius 2 is 1.95 bits per heavy atom. The van der Waals surface area contributed by atoms with E-state index in [0.29, 0.717) is 11.4 Å². The van der Waals surface area contributed by atoms with Crippen LogP contribution in [0, 0.1) is 0 Å². The second-order valence-corrected chi connectivity index (χ2v) is 6.19. The summed E-state index contributed by atoms with van der Waals surface area (Å²) in [5, 5.41) is 4.03. The van der Waals surface area contributed by atoms with E-state index in [2.05, 4.69) is 17.2 Å². The number of para-hydroxylation sites is 1. The van der Waals surface area contributed by atoms with E-state index in [9.17, 15) is 4.79 Å². The number of nitrogens with zero attached hydrogens (tertiary/aromatic N) is 1. The number of aromatic nitrogens is 1. The van der Waals surface area contributed by atoms with Gasteiger partial charge in [0.05, 0.1) is 5.52 Å². The van der Waals surface area contributed by atoms with Gasteiger partial charge < -0.3 is 11.1 Å². The molecule has 0 bridgehead atoms. The number of hydrogen-bond acceptors (Lipinski definition) is 3. The molecule has 0 unspecified atom stereocenters. The monoisotopic (exact) mass is 283 g/mol. The highest BCUT2D eigenvalue weighted by Gasteiger charge is 2.29. The number of nitrogens with two attached hydrogens (primary N) is 1. The molecule has 0 aliphatic heterocycles. The molecule has 1 amide bonds. The summed E-state index contributed by atoms with van der Waals surface area (Å²) in [5.41, 5.74) is 7.69. The standard InChI is InChI=1S/C17H21N3O/c1-17(9-5-2-6-10-17)20-16(21)15-11-13(18)12-7-3-4-8-14(12)19-15/h3-4,7-8,11H,2,5-6,9-10H2,1H3,(H2,18,19)(H,20,21). The van der Waals surface area contributed by atoms with Crippen molar-refractivity contribution in [3.05, 3.63) is 36.0 Å². The Hall–Kier alpha value is -2.10. The van der Waals surface area contributed by atoms with Gasteiger partial charge in [-0.1, -0.05) is 37.5 Å². The number of carbonyl (C=O) groups excluding carboxylic acids is 1. The first-order chi connectivity index (χ1) is 10.1. The van der Waals surface area contributed by atoms with Gasteiger partial charge in [0.25, 0.3) is 5.91 Å². The molecule has 1 fully saturated rings. The molecule has 4 heteroatoms. The van der Waals surface area contributed by atoms with Crippen molar-refractivity contribution in [1.82, 2.24) is 10.3 Å². The first kappa shape index (κ1) is 13.9. The molecule has 0 atom stereocenters. The van der Waals surface area contributed by atoms with Gasteiger partial charge >= 0.3 is 0 Å². The van der Waals surface area contributed by atoms with E-state index >= 15 is 0 Å². The number of anilines is 1. The highest BCUT2D eigenvalue weighted by atomic mass is 16.2. The summed E-state index contributed by atoms with van der Waals surface area (Å²) in [5.74, 6) is -0.128. The second kappa shape index (κ2) is 5.35. The van der Waals surface area contributed by atoms with Crippen LogP contribution in [-0.4, -0.2) is 16.4 Å². The molecule has 1 aliphatic rings. The molecule has 2 aromatic rings. The third-order valence-corrected chi connectivity index (χ3v) is 4.35. The first-order valence-corrected chi connectivity index (χ1v) is 7.55. The maximum Gasteiger partial charge on any atom is 0.270 e. The molecule has 3 N–H and O–H groups in total. The van der Waals surface area contributed by atoms with Gasteiger partial charge in [0.15, 0.2) is 0 Å². The zero-order chi connectivity index (χ0) is 14.9. The second-order valence-electron chi connectivity index (χ2n) is 6.19. The molecule has 1 aliphatic carbocycles. The Morgan fingerprint density at radius 1 is 1.24 bits per heavy atom. The molecular weight excluding hydrogens is 262 g/mol. The van der Waals surface area contributed by atoms with Crippen LogP contribution in [0.5, 0.6) is 0 Å². The zero-order valence-electron chi connectivity index (χ0n) is 12.4. The van der Waals surface area contributed by atoms with Crippen molar-refractivity contribution in [2.75, 3.05) is 5.73 Å². The van der Waals surface area contributed by atoms with E-state index < -0.39 is 0 Å². The number of carbonyl (C=O) groups is 1. The van der Waals surface area contributed by atoms with Crippen LogP contribution in [0.3, 0.4) is 0 Å². The molecule has 4 nitrogen and oxygen atoms in total. The minimum atomic E-state index is -0.128. The van der Waals surface area contributed by atoms with Crippen molar-refractivity contribution in [3.8, 4) is 0 Å². The normalized spacial score (nSPS) is 17.6. The van der Waals surface area contributed by atoms with Gasteiger partial charge in [-0.3, -0.25) is 4.79 Å². The van der Waals surface area contributed by atoms with E-state index in [1.807, 2.05) is 24.3 Å². The molecule has 3 rings (SSSR count). The van der Waals surface area contributed by atoms with E-state index in [1.54, 1.807) is 6.07 Å². The van der Waals surface area contributed by atoms with Crippen molar-refractivity contribution in [2.24, 2.45) is 0 Å². The lowest BCUT2D eigenvalue weighted by Gasteiger charge is -2.34. The van der Waals surface area contributed by atoms with Crippen molar-refractivity contribution in [2.45, 2.75) is 44.6 Å². The van der Waals surface area contributed by atoms with E-state index in [-0.39, 0.29) is 11.4 Å². The number of nitrogens with one attached hydrogen (secondary N) is 1. The summed E-state index contributed by atoms with van der Waals surface area (Å²) in [6.45, 7) is 2.12. The maximum atomic E-state index is 12.5. The summed E-state index contributed by atoms with van der Waals surface area (Å²) >= 11 is 0. The van der Waals surface area contributed by atoms with Crippen LogP contribution in [0.15, 0.2) is 30.3 Å². The largest absolute Gasteiger partial charge is 0.398 e. The number of nitrogen functional groups attached to an aromatic ring is 1. The number of pyridine rings is 1. The van der Waals surface area contributed by atoms with Crippen LogP contribution < -0.4 is 11.1 Å². The number of hydrogen-bond donors (Lipinski definition) is 2. The summed E-state index contributed by atoms with van der Waals surface area (Å²) < 4.78 is 0. The molecule has 1 heterocycles. The first-order valence-electron chi connectivity index (χ1n) is 7.55. The average Bonchev–Trinajstić information content (AvgIpc) is 2.47. The van der Waals surface area contributed by atoms with Crippen LogP contribution in [-0.2, 0) is 0 Å². The number of amides is 1. The molecule has 0 saturated heterocycles. The highest BCUT2D eigenvalue weighted by Crippen LogP contribution is 2.28. The quantitative estimate of drug-likeness (QED) is 0.888. The van der Waals surface area contributed by atoms with Gasteiger partial charge in [-0.05, 0) is 31.9 Å². The molecule has 110 valence electrons. The van der Waals surface area contributed by atoms with Crippen LogP contribution in [0.2, 0.25) is 0 Å². The van der Waals surface area contributed by atoms with Crippen LogP contribution in [0.4, 0.5) is 5.69 Å². The maximum absolute atomic E-state index is 12.5. The van der Waals surface area contributed by atoms with E-state index in [1.165, 1.54) is 19.3 Å². The minimum Gasteiger partial charge on any atom is -0.398 e. The van der Waals surface area contributed by atoms with Gasteiger partial charge in [0.2, 0.25) is 0 Å². The molecular formula is C17H21N3O. The van der Waals surface area contributed by atoms with Gasteiger partial charge in [-0.25, -0.2) is 4.98 Å². The Morgan fingerprint density at radius 3 is 2.71 bits per heavy atom. The molecule has 0 radical (unpaired) electrons. The van der Waals surface area contributed by atoms with Crippen molar-refractivity contribution in [3.63, 3.8) is 0 Å². The SMILES string of the molecule is CC1(NC(=O)c2cc(N)c3ccccc3n2)CCCCC1. The topological polar surface area (TPSA) is 68.0 Å². The third-order valence-electron chi connectivity index (χ3n) is 4.35. The van der Waals surface area contributed by atoms with Crippen LogP contribution in [0.25, 0.3) is 10.9 Å². The summed E-state index contributed by atoms with van der Waals surface area (Å²) in [6.07, 6.45) is 5.66. The van der Waals surface area contributed by atoms with Crippen molar-refractivity contribution < 1.29 is 4.79 Å². The molecule has 0 spiro atoms. The van der Waals surface area contributed by atoms with Gasteiger partial charge in [-0.2, -0.15) is 0 Å². The number of benzene rings is 1. The highest BCUT2D eigenvalue weighted by molar-refractivity contribution is 5.99. The van der Waals surface area contributed by atoms with Crippen LogP contribution in [0.1, 0.15) is 49.5 Å². The Labute approximate surface area is 124 Å². The van der Waals surface area contributed by atoms with Gasteiger partial charge in [0, 0.05) is 16.6 Å². The summed E-state index contributed by atoms with van der Waals surface area (Å²) in [6, 6.07) is 9.29. The van der Waals surface area contributed by atoms with E-state index in [4.69, 9.17) is 5.73 Å². The number of fused-ring (bicyclic) bond motifs is 1. The average molecular weight is 283 g/mol. The smallest absolute Gasteiger partial charge is 0.270 e. The van der Waals surface area contributed by atoms with Gasteiger partial charge in [0.1, 0.15) is 5.69 Å². The summed E-state index contributed by atoms with van der Waals surface area (Å²) in [4.78, 5) is 16.9. The minimum absolute atomic E-state index is 0.114. The van der Waals surface area contributed by atoms with Crippen molar-refractivity contribution >= 4 is 22.5 Å².